The molecule has 4 heteroatoms. The molecule has 66 rings (SSSR count). The summed E-state index contributed by atoms with van der Waals surface area (Å²) in [6.45, 7) is 4.86. The van der Waals surface area contributed by atoms with Gasteiger partial charge in [-0.2, -0.15) is 0 Å². The van der Waals surface area contributed by atoms with Crippen LogP contribution in [0.3, 0.4) is 0 Å². The lowest BCUT2D eigenvalue weighted by Gasteiger charge is -2.47. The zero-order chi connectivity index (χ0) is 76.8. The highest BCUT2D eigenvalue weighted by Gasteiger charge is 2.81. The normalized spacial score (nSPS) is 29.4. The second-order valence-electron chi connectivity index (χ2n) is 53.1. The molecule has 12 atom stereocenters. The van der Waals surface area contributed by atoms with Crippen LogP contribution >= 0.6 is 0 Å². The topological polar surface area (TPSA) is 0 Å². The van der Waals surface area contributed by atoms with Crippen LogP contribution in [0.5, 0.6) is 0 Å². The van der Waals surface area contributed by atoms with Crippen molar-refractivity contribution in [1.29, 1.82) is 0 Å². The highest BCUT2D eigenvalue weighted by molar-refractivity contribution is 6.77. The summed E-state index contributed by atoms with van der Waals surface area (Å²) in [7, 11) is 10.7. The SMILES string of the molecule is C[N+]1(C)CC23c4c5c6c7c8c4c4c2c2c9c%10c%11c%12c(c5c5c6c6c%13c%14c%15c%16c%17c%18c%19c%20c%21c%22c%23c%24c%25c(c-%16c(c8c%25c4c%24c2c%22c9c2c%21c4c%19c(c%18%14)c8c%13c5c%12c8c4c%112)C7C%156)C%17C%23%20)C%103C1.C[N+]1(C)CC23c4c5c6c7c8c4c4c2c2c9c%10c%11c%12c(c5c5c6c6c%13c%14c%15c%16c%17c%18c%19c%20c%21c%22c%23c%24c%25c(c-%16c(c8c%25c4c%24c2c%22c9c2c%21c4c%19c(c%18%14)c8c%13c5c%12c8c4c%112)C7C%156)C%17C%23%20)C%103C1.[I-].[I-]. The Hall–Kier alpha value is -12.7. The number of nitrogens with zero attached hydrogens (tertiary/aromatic N) is 2. The molecule has 2 saturated heterocycles. The van der Waals surface area contributed by atoms with Crippen molar-refractivity contribution in [3.05, 3.63) is 134 Å². The number of likely N-dealkylation sites (N-methyl/N-ethyl adjacent to an activating group) is 2. The first-order valence-corrected chi connectivity index (χ1v) is 50.4. The molecule has 0 aromatic heterocycles. The summed E-state index contributed by atoms with van der Waals surface area (Å²) in [5.41, 5.74) is 51.0. The second-order valence-corrected chi connectivity index (χ2v) is 53.1. The van der Waals surface area contributed by atoms with E-state index in [4.69, 9.17) is 0 Å². The van der Waals surface area contributed by atoms with Crippen molar-refractivity contribution in [2.24, 2.45) is 0 Å². The number of likely N-dealkylation sites (tertiary alicyclic amines) is 2. The average molecular weight is 1850 g/mol. The molecule has 2 fully saturated rings. The third-order valence-electron chi connectivity index (χ3n) is 52.0. The fourth-order valence-electron chi connectivity index (χ4n) is 53.4. The Kier molecular flexibility index (Phi) is 4.55. The molecule has 0 saturated carbocycles. The number of rotatable bonds is 0. The Morgan fingerprint density at radius 1 is 0.121 bits per heavy atom. The molecule has 40 aromatic carbocycles. The number of halogens is 2. The van der Waals surface area contributed by atoms with Gasteiger partial charge in [-0.3, -0.25) is 0 Å². The third kappa shape index (κ3) is 2.77. The van der Waals surface area contributed by atoms with Crippen LogP contribution in [0, 0.1) is 0 Å². The van der Waals surface area contributed by atoms with Gasteiger partial charge in [-0.15, -0.1) is 0 Å². The monoisotopic (exact) mass is 1850 g/mol. The van der Waals surface area contributed by atoms with Crippen LogP contribution in [-0.4, -0.2) is 63.3 Å². The van der Waals surface area contributed by atoms with Gasteiger partial charge in [0.25, 0.3) is 0 Å². The smallest absolute Gasteiger partial charge is 0.0937 e. The lowest BCUT2D eigenvalue weighted by atomic mass is 9.50. The van der Waals surface area contributed by atoms with E-state index < -0.39 is 0 Å². The summed E-state index contributed by atoms with van der Waals surface area (Å²) in [4.78, 5) is 0. The fraction of sp³-hybridized carbons (Fsp3) is 0.156. The Morgan fingerprint density at radius 2 is 0.205 bits per heavy atom. The number of hydrogen-bond donors (Lipinski definition) is 0. The Bertz CT molecular complexity index is 14100. The van der Waals surface area contributed by atoms with Crippen molar-refractivity contribution in [2.75, 3.05) is 54.4 Å². The number of hydrogen-bond acceptors (Lipinski definition) is 0. The van der Waals surface area contributed by atoms with E-state index in [0.29, 0.717) is 47.3 Å². The summed E-state index contributed by atoms with van der Waals surface area (Å²) in [6.07, 6.45) is 0. The maximum Gasteiger partial charge on any atom is 0.0937 e. The maximum absolute atomic E-state index is 2.67. The molecule has 0 radical (unpaired) electrons. The van der Waals surface area contributed by atoms with E-state index in [1.165, 1.54) is 26.2 Å². The molecular weight excluding hydrogens is 1820 g/mol. The highest BCUT2D eigenvalue weighted by atomic mass is 127. The van der Waals surface area contributed by atoms with Crippen LogP contribution in [0.1, 0.15) is 181 Å². The van der Waals surface area contributed by atoms with E-state index >= 15 is 0 Å². The van der Waals surface area contributed by atoms with Crippen LogP contribution in [-0.2, 0) is 21.7 Å². The van der Waals surface area contributed by atoms with Gasteiger partial charge in [-0.25, -0.2) is 0 Å². The number of benzene rings is 28. The van der Waals surface area contributed by atoms with Gasteiger partial charge in [0.15, 0.2) is 0 Å². The molecule has 0 amide bonds. The van der Waals surface area contributed by atoms with Crippen molar-refractivity contribution in [3.63, 3.8) is 0 Å². The lowest BCUT2D eigenvalue weighted by molar-refractivity contribution is -0.880. The van der Waals surface area contributed by atoms with Crippen LogP contribution in [0.4, 0.5) is 0 Å². The Labute approximate surface area is 759 Å². The largest absolute Gasteiger partial charge is 1.00 e. The molecule has 40 aromatic rings. The fourth-order valence-corrected chi connectivity index (χ4v) is 53.4. The van der Waals surface area contributed by atoms with Crippen molar-refractivity contribution in [2.45, 2.75) is 69.0 Å². The van der Waals surface area contributed by atoms with Gasteiger partial charge >= 0.3 is 0 Å². The van der Waals surface area contributed by atoms with Gasteiger partial charge < -0.3 is 56.9 Å². The minimum absolute atomic E-state index is 0. The molecule has 4 spiro atoms. The highest BCUT2D eigenvalue weighted by Crippen LogP contribution is 2.94. The summed E-state index contributed by atoms with van der Waals surface area (Å²) < 4.78 is 2.19. The van der Waals surface area contributed by atoms with E-state index in [1.54, 1.807) is 453 Å². The van der Waals surface area contributed by atoms with E-state index in [1.807, 2.05) is 134 Å². The van der Waals surface area contributed by atoms with Crippen LogP contribution in [0.15, 0.2) is 0 Å². The van der Waals surface area contributed by atoms with Crippen LogP contribution in [0.25, 0.3) is 453 Å². The first kappa shape index (κ1) is 52.0. The summed E-state index contributed by atoms with van der Waals surface area (Å²) >= 11 is 0. The van der Waals surface area contributed by atoms with Crippen molar-refractivity contribution in [3.8, 4) is 22.3 Å². The van der Waals surface area contributed by atoms with Crippen molar-refractivity contribution < 1.29 is 56.9 Å². The van der Waals surface area contributed by atoms with E-state index in [9.17, 15) is 0 Å². The molecule has 2 aliphatic heterocycles. The van der Waals surface area contributed by atoms with Gasteiger partial charge in [-0.05, 0) is 587 Å². The quantitative estimate of drug-likeness (QED) is 0.0806. The van der Waals surface area contributed by atoms with Gasteiger partial charge in [0, 0.05) is 47.3 Å². The molecule has 2 heterocycles. The molecule has 132 heavy (non-hydrogen) atoms. The average Bonchev–Trinajstić information content (AvgIpc) is 1.38. The molecule has 26 aliphatic rings. The predicted molar refractivity (Wildman–Crippen MR) is 531 cm³/mol. The molecular formula is C128H28I2N2. The minimum atomic E-state index is -0.0724. The third-order valence-corrected chi connectivity index (χ3v) is 52.0. The molecule has 2 nitrogen and oxygen atoms in total. The lowest BCUT2D eigenvalue weighted by Crippen LogP contribution is -3.00. The first-order chi connectivity index (χ1) is 64.3. The first-order valence-electron chi connectivity index (χ1n) is 50.4. The molecule has 564 valence electrons. The van der Waals surface area contributed by atoms with Gasteiger partial charge in [0.05, 0.1) is 76.0 Å². The Balaban J connectivity index is 0.0000000887. The van der Waals surface area contributed by atoms with Gasteiger partial charge in [-0.1, -0.05) is 0 Å². The molecule has 12 unspecified atom stereocenters. The zero-order valence-corrected chi connectivity index (χ0v) is 73.4. The molecule has 24 aliphatic carbocycles. The zero-order valence-electron chi connectivity index (χ0n) is 69.1. The van der Waals surface area contributed by atoms with Crippen LogP contribution in [0.2, 0.25) is 0 Å². The van der Waals surface area contributed by atoms with E-state index in [2.05, 4.69) is 28.2 Å². The Morgan fingerprint density at radius 3 is 0.356 bits per heavy atom. The van der Waals surface area contributed by atoms with Crippen molar-refractivity contribution >= 4 is 431 Å². The van der Waals surface area contributed by atoms with Gasteiger partial charge in [0.1, 0.15) is 0 Å². The van der Waals surface area contributed by atoms with Crippen molar-refractivity contribution in [1.82, 2.24) is 0 Å². The van der Waals surface area contributed by atoms with E-state index in [-0.39, 0.29) is 69.6 Å². The molecule has 0 N–H and O–H groups in total. The summed E-state index contributed by atoms with van der Waals surface area (Å²) in [5, 5.41) is 140. The summed E-state index contributed by atoms with van der Waals surface area (Å²) in [5.74, 6) is 3.56. The minimum Gasteiger partial charge on any atom is -1.00 e. The molecule has 0 bridgehead atoms. The summed E-state index contributed by atoms with van der Waals surface area (Å²) in [6, 6.07) is 0. The van der Waals surface area contributed by atoms with Gasteiger partial charge in [0.2, 0.25) is 0 Å². The predicted octanol–water partition coefficient (Wildman–Crippen LogP) is 23.7. The second kappa shape index (κ2) is 11.6. The van der Waals surface area contributed by atoms with E-state index in [0.717, 1.165) is 8.97 Å². The van der Waals surface area contributed by atoms with Crippen LogP contribution < -0.4 is 48.0 Å². The number of quaternary nitrogens is 2. The standard InChI is InChI=1S/2C64H14N.2HI/c2*1-65(2)3-63-59-51-43-33-23-15-7-5-6-9-13-11(7)19-27-21(13)31-25-17(9)18-10(6)14-12-8(5)16(15)24-30-20(12)28-22(14)32-26(18)36-35(25)45-39(31)49-41(27)47(37(43)29(19)23)55(59)57(49)61-53(45)54-46(36)40(32)50-42(28)48-38(30)44(34(24)33)52(51)60(63)56(48)58(50)62(54)64(61,63)4-65;;/h2*7,11,20,30H,3-4H2,1-2H3;2*1H/q2*+1;;/p-2. The maximum atomic E-state index is 2.67.